The Balaban J connectivity index is 2.42. The van der Waals surface area contributed by atoms with Crippen LogP contribution in [0.15, 0.2) is 18.2 Å². The fraction of sp³-hybridized carbons (Fsp3) is 0.500. The van der Waals surface area contributed by atoms with Gasteiger partial charge in [0.2, 0.25) is 0 Å². The molecule has 90 valence electrons. The van der Waals surface area contributed by atoms with Crippen LogP contribution in [0.2, 0.25) is 0 Å². The summed E-state index contributed by atoms with van der Waals surface area (Å²) in [6.07, 6.45) is 0. The van der Waals surface area contributed by atoms with E-state index in [1.165, 1.54) is 12.1 Å². The van der Waals surface area contributed by atoms with Crippen LogP contribution in [-0.2, 0) is 0 Å². The van der Waals surface area contributed by atoms with E-state index in [-0.39, 0.29) is 0 Å². The van der Waals surface area contributed by atoms with Crippen LogP contribution < -0.4 is 5.32 Å². The lowest BCUT2D eigenvalue weighted by atomic mass is 10.3. The maximum atomic E-state index is 12.9. The lowest BCUT2D eigenvalue weighted by Gasteiger charge is -2.18. The maximum Gasteiger partial charge on any atom is 0.128 e. The van der Waals surface area contributed by atoms with Crippen molar-refractivity contribution in [2.75, 3.05) is 31.5 Å². The summed E-state index contributed by atoms with van der Waals surface area (Å²) in [4.78, 5) is 2.24. The molecule has 0 aromatic heterocycles. The first-order valence-corrected chi connectivity index (χ1v) is 5.58. The van der Waals surface area contributed by atoms with Gasteiger partial charge < -0.3 is 10.2 Å². The zero-order valence-electron chi connectivity index (χ0n) is 9.76. The van der Waals surface area contributed by atoms with Crippen LogP contribution in [0.1, 0.15) is 13.8 Å². The van der Waals surface area contributed by atoms with Gasteiger partial charge in [0.05, 0.1) is 0 Å². The lowest BCUT2D eigenvalue weighted by molar-refractivity contribution is 0.316. The summed E-state index contributed by atoms with van der Waals surface area (Å²) in [5.41, 5.74) is 0.490. The van der Waals surface area contributed by atoms with Gasteiger partial charge in [0, 0.05) is 24.8 Å². The molecule has 0 aliphatic heterocycles. The molecule has 4 heteroatoms. The van der Waals surface area contributed by atoms with Gasteiger partial charge in [0.15, 0.2) is 0 Å². The number of rotatable bonds is 6. The van der Waals surface area contributed by atoms with Gasteiger partial charge in [-0.05, 0) is 25.2 Å². The molecule has 0 fully saturated rings. The van der Waals surface area contributed by atoms with E-state index >= 15 is 0 Å². The van der Waals surface area contributed by atoms with Crippen molar-refractivity contribution >= 4 is 5.69 Å². The Morgan fingerprint density at radius 2 is 1.62 bits per heavy atom. The molecule has 16 heavy (non-hydrogen) atoms. The third-order valence-electron chi connectivity index (χ3n) is 2.51. The number of hydrogen-bond acceptors (Lipinski definition) is 2. The molecule has 0 saturated carbocycles. The number of benzene rings is 1. The Labute approximate surface area is 95.3 Å². The van der Waals surface area contributed by atoms with Crippen LogP contribution in [0.5, 0.6) is 0 Å². The summed E-state index contributed by atoms with van der Waals surface area (Å²) in [6, 6.07) is 3.46. The molecule has 0 heterocycles. The first-order chi connectivity index (χ1) is 7.65. The molecule has 0 spiro atoms. The molecule has 0 saturated heterocycles. The number of likely N-dealkylation sites (N-methyl/N-ethyl adjacent to an activating group) is 1. The monoisotopic (exact) mass is 228 g/mol. The third-order valence-corrected chi connectivity index (χ3v) is 2.51. The third kappa shape index (κ3) is 4.14. The summed E-state index contributed by atoms with van der Waals surface area (Å²) >= 11 is 0. The van der Waals surface area contributed by atoms with Gasteiger partial charge in [-0.3, -0.25) is 0 Å². The lowest BCUT2D eigenvalue weighted by Crippen LogP contribution is -2.28. The van der Waals surface area contributed by atoms with Crippen LogP contribution >= 0.6 is 0 Å². The minimum Gasteiger partial charge on any atom is -0.384 e. The van der Waals surface area contributed by atoms with Crippen LogP contribution in [0.4, 0.5) is 14.5 Å². The number of halogens is 2. The van der Waals surface area contributed by atoms with Crippen molar-refractivity contribution in [2.24, 2.45) is 0 Å². The number of nitrogens with zero attached hydrogens (tertiary/aromatic N) is 1. The highest BCUT2D eigenvalue weighted by Gasteiger charge is 2.01. The highest BCUT2D eigenvalue weighted by Crippen LogP contribution is 2.12. The quantitative estimate of drug-likeness (QED) is 0.805. The molecule has 0 aliphatic carbocycles. The second-order valence-electron chi connectivity index (χ2n) is 3.61. The molecule has 1 aromatic rings. The Bertz CT molecular complexity index is 305. The molecule has 1 aromatic carbocycles. The molecule has 0 unspecified atom stereocenters. The SMILES string of the molecule is CCN(CC)CCNc1cc(F)cc(F)c1. The first-order valence-electron chi connectivity index (χ1n) is 5.58. The van der Waals surface area contributed by atoms with Gasteiger partial charge in [0.25, 0.3) is 0 Å². The van der Waals surface area contributed by atoms with Gasteiger partial charge in [0.1, 0.15) is 11.6 Å². The maximum absolute atomic E-state index is 12.9. The van der Waals surface area contributed by atoms with E-state index in [0.717, 1.165) is 25.7 Å². The Kier molecular flexibility index (Phi) is 5.19. The van der Waals surface area contributed by atoms with E-state index in [4.69, 9.17) is 0 Å². The van der Waals surface area contributed by atoms with E-state index < -0.39 is 11.6 Å². The summed E-state index contributed by atoms with van der Waals surface area (Å²) in [5, 5.41) is 3.00. The molecule has 0 atom stereocenters. The fourth-order valence-corrected chi connectivity index (χ4v) is 1.55. The van der Waals surface area contributed by atoms with Crippen molar-refractivity contribution in [3.05, 3.63) is 29.8 Å². The molecular weight excluding hydrogens is 210 g/mol. The molecule has 0 aliphatic rings. The van der Waals surface area contributed by atoms with Crippen molar-refractivity contribution in [2.45, 2.75) is 13.8 Å². The van der Waals surface area contributed by atoms with Crippen LogP contribution in [0.3, 0.4) is 0 Å². The van der Waals surface area contributed by atoms with Crippen LogP contribution in [-0.4, -0.2) is 31.1 Å². The zero-order chi connectivity index (χ0) is 12.0. The smallest absolute Gasteiger partial charge is 0.128 e. The van der Waals surface area contributed by atoms with Gasteiger partial charge in [-0.15, -0.1) is 0 Å². The van der Waals surface area contributed by atoms with Gasteiger partial charge in [-0.1, -0.05) is 13.8 Å². The summed E-state index contributed by atoms with van der Waals surface area (Å²) in [6.45, 7) is 7.69. The van der Waals surface area contributed by atoms with E-state index in [2.05, 4.69) is 24.1 Å². The standard InChI is InChI=1S/C12H18F2N2/c1-3-16(4-2)6-5-15-12-8-10(13)7-11(14)9-12/h7-9,15H,3-6H2,1-2H3. The van der Waals surface area contributed by atoms with E-state index in [1.807, 2.05) is 0 Å². The second kappa shape index (κ2) is 6.43. The fourth-order valence-electron chi connectivity index (χ4n) is 1.55. The molecule has 1 N–H and O–H groups in total. The Morgan fingerprint density at radius 1 is 1.06 bits per heavy atom. The average Bonchev–Trinajstić information content (AvgIpc) is 2.23. The number of nitrogens with one attached hydrogen (secondary N) is 1. The largest absolute Gasteiger partial charge is 0.384 e. The Morgan fingerprint density at radius 3 is 2.12 bits per heavy atom. The van der Waals surface area contributed by atoms with Crippen molar-refractivity contribution in [3.63, 3.8) is 0 Å². The number of anilines is 1. The van der Waals surface area contributed by atoms with Gasteiger partial charge in [-0.25, -0.2) is 8.78 Å². The van der Waals surface area contributed by atoms with Crippen molar-refractivity contribution in [1.82, 2.24) is 4.90 Å². The predicted octanol–water partition coefficient (Wildman–Crippen LogP) is 2.72. The highest BCUT2D eigenvalue weighted by atomic mass is 19.1. The summed E-state index contributed by atoms with van der Waals surface area (Å²) < 4.78 is 25.7. The first kappa shape index (κ1) is 12.9. The van der Waals surface area contributed by atoms with Gasteiger partial charge >= 0.3 is 0 Å². The minimum absolute atomic E-state index is 0.490. The summed E-state index contributed by atoms with van der Waals surface area (Å²) in [7, 11) is 0. The van der Waals surface area contributed by atoms with Crippen LogP contribution in [0, 0.1) is 11.6 Å². The molecule has 1 rings (SSSR count). The molecule has 0 radical (unpaired) electrons. The number of hydrogen-bond donors (Lipinski definition) is 1. The summed E-state index contributed by atoms with van der Waals surface area (Å²) in [5.74, 6) is -1.10. The predicted molar refractivity (Wildman–Crippen MR) is 62.6 cm³/mol. The van der Waals surface area contributed by atoms with Crippen molar-refractivity contribution < 1.29 is 8.78 Å². The molecular formula is C12H18F2N2. The second-order valence-corrected chi connectivity index (χ2v) is 3.61. The topological polar surface area (TPSA) is 15.3 Å². The van der Waals surface area contributed by atoms with E-state index in [9.17, 15) is 8.78 Å². The van der Waals surface area contributed by atoms with Gasteiger partial charge in [-0.2, -0.15) is 0 Å². The molecule has 0 bridgehead atoms. The van der Waals surface area contributed by atoms with E-state index in [1.54, 1.807) is 0 Å². The normalized spacial score (nSPS) is 10.8. The van der Waals surface area contributed by atoms with Crippen LogP contribution in [0.25, 0.3) is 0 Å². The Hall–Kier alpha value is -1.16. The highest BCUT2D eigenvalue weighted by molar-refractivity contribution is 5.43. The van der Waals surface area contributed by atoms with E-state index in [0.29, 0.717) is 12.2 Å². The molecule has 0 amide bonds. The van der Waals surface area contributed by atoms with Crippen molar-refractivity contribution in [3.8, 4) is 0 Å². The zero-order valence-corrected chi connectivity index (χ0v) is 9.76. The minimum atomic E-state index is -0.551. The molecule has 2 nitrogen and oxygen atoms in total. The average molecular weight is 228 g/mol. The van der Waals surface area contributed by atoms with Crippen molar-refractivity contribution in [1.29, 1.82) is 0 Å².